The Labute approximate surface area is 84.4 Å². The van der Waals surface area contributed by atoms with Gasteiger partial charge in [0.25, 0.3) is 0 Å². The minimum atomic E-state index is 0.546. The van der Waals surface area contributed by atoms with Crippen LogP contribution in [0.1, 0.15) is 12.0 Å². The molecule has 0 fully saturated rings. The van der Waals surface area contributed by atoms with Crippen molar-refractivity contribution in [3.63, 3.8) is 0 Å². The van der Waals surface area contributed by atoms with E-state index in [0.717, 1.165) is 0 Å². The molecule has 72 valence electrons. The van der Waals surface area contributed by atoms with Gasteiger partial charge in [-0.3, -0.25) is 0 Å². The van der Waals surface area contributed by atoms with E-state index >= 15 is 0 Å². The first-order valence-corrected chi connectivity index (χ1v) is 5.13. The topological polar surface area (TPSA) is 6.48 Å². The lowest BCUT2D eigenvalue weighted by Gasteiger charge is -2.35. The molecule has 1 atom stereocenters. The maximum Gasteiger partial charge on any atom is 0.105 e. The number of hydrogen-bond acceptors (Lipinski definition) is 2. The molecule has 2 heteroatoms. The molecule has 1 unspecified atom stereocenters. The van der Waals surface area contributed by atoms with E-state index in [1.165, 1.54) is 24.1 Å². The first kappa shape index (κ1) is 7.92. The van der Waals surface area contributed by atoms with E-state index in [4.69, 9.17) is 0 Å². The molecule has 2 aliphatic heterocycles. The van der Waals surface area contributed by atoms with Gasteiger partial charge in [-0.15, -0.1) is 0 Å². The van der Waals surface area contributed by atoms with Crippen LogP contribution in [0.15, 0.2) is 36.7 Å². The predicted octanol–water partition coefficient (Wildman–Crippen LogP) is 2.18. The number of rotatable bonds is 0. The molecule has 2 aliphatic rings. The number of benzene rings is 1. The Morgan fingerprint density at radius 2 is 2.07 bits per heavy atom. The fraction of sp³-hybridized carbons (Fsp3) is 0.333. The number of anilines is 1. The Kier molecular flexibility index (Phi) is 1.57. The normalized spacial score (nSPS) is 23.6. The summed E-state index contributed by atoms with van der Waals surface area (Å²) < 4.78 is 0. The predicted molar refractivity (Wildman–Crippen MR) is 57.9 cm³/mol. The maximum atomic E-state index is 2.37. The first-order chi connectivity index (χ1) is 6.86. The van der Waals surface area contributed by atoms with Crippen molar-refractivity contribution in [2.75, 3.05) is 11.9 Å². The molecule has 1 aromatic carbocycles. The fourth-order valence-corrected chi connectivity index (χ4v) is 2.41. The Hall–Kier alpha value is -1.44. The Balaban J connectivity index is 2.07. The van der Waals surface area contributed by atoms with Crippen LogP contribution >= 0.6 is 0 Å². The average molecular weight is 186 g/mol. The molecule has 0 aliphatic carbocycles. The highest BCUT2D eigenvalue weighted by Gasteiger charge is 2.29. The highest BCUT2D eigenvalue weighted by molar-refractivity contribution is 5.59. The zero-order chi connectivity index (χ0) is 9.54. The van der Waals surface area contributed by atoms with Gasteiger partial charge in [0.15, 0.2) is 0 Å². The summed E-state index contributed by atoms with van der Waals surface area (Å²) in [5, 5.41) is 0. The van der Waals surface area contributed by atoms with Crippen molar-refractivity contribution in [2.45, 2.75) is 19.0 Å². The quantitative estimate of drug-likeness (QED) is 0.612. The van der Waals surface area contributed by atoms with Crippen LogP contribution in [-0.2, 0) is 6.42 Å². The SMILES string of the molecule is CN1C=CN2c3ccccc3CCC12. The summed E-state index contributed by atoms with van der Waals surface area (Å²) in [6, 6.07) is 8.69. The van der Waals surface area contributed by atoms with E-state index < -0.39 is 0 Å². The van der Waals surface area contributed by atoms with E-state index in [1.807, 2.05) is 0 Å². The van der Waals surface area contributed by atoms with Crippen LogP contribution < -0.4 is 4.90 Å². The molecule has 0 radical (unpaired) electrons. The van der Waals surface area contributed by atoms with E-state index in [0.29, 0.717) is 6.17 Å². The summed E-state index contributed by atoms with van der Waals surface area (Å²) in [7, 11) is 2.15. The second-order valence-electron chi connectivity index (χ2n) is 4.02. The number of aryl methyl sites for hydroxylation is 1. The molecule has 14 heavy (non-hydrogen) atoms. The van der Waals surface area contributed by atoms with Crippen molar-refractivity contribution in [1.82, 2.24) is 4.90 Å². The Bertz CT molecular complexity index is 384. The third kappa shape index (κ3) is 0.969. The van der Waals surface area contributed by atoms with Gasteiger partial charge in [-0.2, -0.15) is 0 Å². The van der Waals surface area contributed by atoms with Gasteiger partial charge in [0.2, 0.25) is 0 Å². The lowest BCUT2D eigenvalue weighted by atomic mass is 10.0. The summed E-state index contributed by atoms with van der Waals surface area (Å²) in [6.07, 6.45) is 7.31. The van der Waals surface area contributed by atoms with Gasteiger partial charge in [-0.1, -0.05) is 18.2 Å². The highest BCUT2D eigenvalue weighted by Crippen LogP contribution is 2.34. The summed E-state index contributed by atoms with van der Waals surface area (Å²) in [5.41, 5.74) is 2.85. The van der Waals surface area contributed by atoms with Crippen molar-refractivity contribution in [2.24, 2.45) is 0 Å². The smallest absolute Gasteiger partial charge is 0.105 e. The van der Waals surface area contributed by atoms with E-state index in [9.17, 15) is 0 Å². The van der Waals surface area contributed by atoms with Crippen LogP contribution in [0, 0.1) is 0 Å². The molecule has 0 spiro atoms. The lowest BCUT2D eigenvalue weighted by molar-refractivity contribution is 0.332. The zero-order valence-corrected chi connectivity index (χ0v) is 8.35. The van der Waals surface area contributed by atoms with Crippen molar-refractivity contribution in [1.29, 1.82) is 0 Å². The van der Waals surface area contributed by atoms with Gasteiger partial charge in [-0.05, 0) is 24.5 Å². The summed E-state index contributed by atoms with van der Waals surface area (Å²) in [4.78, 5) is 4.66. The molecule has 0 saturated heterocycles. The molecular formula is C12H14N2. The van der Waals surface area contributed by atoms with Gasteiger partial charge in [-0.25, -0.2) is 0 Å². The molecule has 0 bridgehead atoms. The van der Waals surface area contributed by atoms with Crippen LogP contribution in [0.4, 0.5) is 5.69 Å². The van der Waals surface area contributed by atoms with Crippen molar-refractivity contribution >= 4 is 5.69 Å². The second-order valence-corrected chi connectivity index (χ2v) is 4.02. The zero-order valence-electron chi connectivity index (χ0n) is 8.35. The Morgan fingerprint density at radius 1 is 1.21 bits per heavy atom. The minimum Gasteiger partial charge on any atom is -0.359 e. The molecule has 3 rings (SSSR count). The standard InChI is InChI=1S/C12H14N2/c1-13-8-9-14-11-5-3-2-4-10(11)6-7-12(13)14/h2-5,8-9,12H,6-7H2,1H3. The van der Waals surface area contributed by atoms with Gasteiger partial charge in [0.1, 0.15) is 6.17 Å². The molecule has 0 saturated carbocycles. The summed E-state index contributed by atoms with van der Waals surface area (Å²) in [5.74, 6) is 0. The monoisotopic (exact) mass is 186 g/mol. The van der Waals surface area contributed by atoms with Gasteiger partial charge < -0.3 is 9.80 Å². The Morgan fingerprint density at radius 3 is 3.00 bits per heavy atom. The van der Waals surface area contributed by atoms with E-state index in [-0.39, 0.29) is 0 Å². The summed E-state index contributed by atoms with van der Waals surface area (Å²) in [6.45, 7) is 0. The lowest BCUT2D eigenvalue weighted by Crippen LogP contribution is -2.39. The first-order valence-electron chi connectivity index (χ1n) is 5.13. The molecule has 0 amide bonds. The van der Waals surface area contributed by atoms with Gasteiger partial charge >= 0.3 is 0 Å². The van der Waals surface area contributed by atoms with Crippen molar-refractivity contribution in [3.05, 3.63) is 42.2 Å². The molecule has 2 heterocycles. The highest BCUT2D eigenvalue weighted by atomic mass is 15.4. The van der Waals surface area contributed by atoms with Crippen LogP contribution in [0.5, 0.6) is 0 Å². The van der Waals surface area contributed by atoms with Crippen LogP contribution in [0.2, 0.25) is 0 Å². The van der Waals surface area contributed by atoms with E-state index in [2.05, 4.69) is 53.5 Å². The number of fused-ring (bicyclic) bond motifs is 3. The third-order valence-corrected chi connectivity index (χ3v) is 3.20. The number of para-hydroxylation sites is 1. The number of nitrogens with zero attached hydrogens (tertiary/aromatic N) is 2. The van der Waals surface area contributed by atoms with Crippen molar-refractivity contribution in [3.8, 4) is 0 Å². The molecule has 1 aromatic rings. The molecular weight excluding hydrogens is 172 g/mol. The summed E-state index contributed by atoms with van der Waals surface area (Å²) >= 11 is 0. The van der Waals surface area contributed by atoms with E-state index in [1.54, 1.807) is 0 Å². The minimum absolute atomic E-state index is 0.546. The van der Waals surface area contributed by atoms with Crippen molar-refractivity contribution < 1.29 is 0 Å². The average Bonchev–Trinajstić information content (AvgIpc) is 2.61. The molecule has 0 N–H and O–H groups in total. The van der Waals surface area contributed by atoms with Gasteiger partial charge in [0, 0.05) is 25.1 Å². The molecule has 2 nitrogen and oxygen atoms in total. The fourth-order valence-electron chi connectivity index (χ4n) is 2.41. The van der Waals surface area contributed by atoms with Crippen LogP contribution in [0.3, 0.4) is 0 Å². The molecule has 0 aromatic heterocycles. The van der Waals surface area contributed by atoms with Crippen LogP contribution in [0.25, 0.3) is 0 Å². The number of hydrogen-bond donors (Lipinski definition) is 0. The third-order valence-electron chi connectivity index (χ3n) is 3.20. The largest absolute Gasteiger partial charge is 0.359 e. The van der Waals surface area contributed by atoms with Gasteiger partial charge in [0.05, 0.1) is 0 Å². The van der Waals surface area contributed by atoms with Crippen LogP contribution in [-0.4, -0.2) is 18.1 Å². The maximum absolute atomic E-state index is 2.37. The second kappa shape index (κ2) is 2.77.